The van der Waals surface area contributed by atoms with Gasteiger partial charge in [0.25, 0.3) is 0 Å². The summed E-state index contributed by atoms with van der Waals surface area (Å²) in [7, 11) is -3.56. The summed E-state index contributed by atoms with van der Waals surface area (Å²) >= 11 is 3.21. The maximum absolute atomic E-state index is 12.2. The number of hydrogen-bond acceptors (Lipinski definition) is 4. The highest BCUT2D eigenvalue weighted by Crippen LogP contribution is 2.19. The van der Waals surface area contributed by atoms with E-state index in [4.69, 9.17) is 5.11 Å². The van der Waals surface area contributed by atoms with E-state index in [9.17, 15) is 13.2 Å². The van der Waals surface area contributed by atoms with Crippen LogP contribution in [0.25, 0.3) is 0 Å². The molecular weight excluding hydrogens is 346 g/mol. The van der Waals surface area contributed by atoms with Crippen LogP contribution in [0.15, 0.2) is 51.8 Å². The number of pyridine rings is 1. The Labute approximate surface area is 124 Å². The van der Waals surface area contributed by atoms with E-state index in [0.29, 0.717) is 4.47 Å². The number of carbonyl (C=O) groups is 1. The maximum Gasteiger partial charge on any atom is 0.354 e. The van der Waals surface area contributed by atoms with Gasteiger partial charge in [0.05, 0.1) is 16.3 Å². The van der Waals surface area contributed by atoms with Crippen LogP contribution < -0.4 is 0 Å². The molecule has 0 spiro atoms. The van der Waals surface area contributed by atoms with Gasteiger partial charge in [-0.25, -0.2) is 18.2 Å². The van der Waals surface area contributed by atoms with E-state index >= 15 is 0 Å². The van der Waals surface area contributed by atoms with Crippen molar-refractivity contribution in [3.05, 3.63) is 58.3 Å². The molecule has 0 bridgehead atoms. The second-order valence-electron chi connectivity index (χ2n) is 4.04. The average molecular weight is 356 g/mol. The minimum Gasteiger partial charge on any atom is -0.477 e. The summed E-state index contributed by atoms with van der Waals surface area (Å²) in [5, 5.41) is 8.84. The zero-order valence-corrected chi connectivity index (χ0v) is 12.6. The Hall–Kier alpha value is -1.73. The highest BCUT2D eigenvalue weighted by Gasteiger charge is 2.17. The van der Waals surface area contributed by atoms with Crippen molar-refractivity contribution in [2.24, 2.45) is 0 Å². The summed E-state index contributed by atoms with van der Waals surface area (Å²) < 4.78 is 25.1. The molecule has 0 aliphatic carbocycles. The summed E-state index contributed by atoms with van der Waals surface area (Å²) in [6.45, 7) is 0. The third-order valence-corrected chi connectivity index (χ3v) is 4.66. The molecular formula is C13H10BrNO4S. The largest absolute Gasteiger partial charge is 0.477 e. The smallest absolute Gasteiger partial charge is 0.354 e. The Morgan fingerprint density at radius 1 is 1.20 bits per heavy atom. The number of halogens is 1. The van der Waals surface area contributed by atoms with Gasteiger partial charge in [-0.15, -0.1) is 0 Å². The lowest BCUT2D eigenvalue weighted by molar-refractivity contribution is 0.0690. The Kier molecular flexibility index (Phi) is 4.20. The molecule has 20 heavy (non-hydrogen) atoms. The molecule has 104 valence electrons. The first kappa shape index (κ1) is 14.7. The van der Waals surface area contributed by atoms with E-state index in [1.165, 1.54) is 30.3 Å². The van der Waals surface area contributed by atoms with Crippen molar-refractivity contribution < 1.29 is 18.3 Å². The number of sulfone groups is 1. The molecule has 5 nitrogen and oxygen atoms in total. The maximum atomic E-state index is 12.2. The van der Waals surface area contributed by atoms with Gasteiger partial charge in [-0.3, -0.25) is 0 Å². The van der Waals surface area contributed by atoms with Crippen molar-refractivity contribution in [2.45, 2.75) is 10.6 Å². The van der Waals surface area contributed by atoms with Gasteiger partial charge in [0, 0.05) is 4.47 Å². The number of nitrogens with zero attached hydrogens (tertiary/aromatic N) is 1. The Morgan fingerprint density at radius 3 is 2.55 bits per heavy atom. The molecule has 1 aromatic heterocycles. The first-order valence-electron chi connectivity index (χ1n) is 5.56. The van der Waals surface area contributed by atoms with Crippen LogP contribution in [0, 0.1) is 0 Å². The van der Waals surface area contributed by atoms with E-state index < -0.39 is 15.8 Å². The Bertz CT molecular complexity index is 758. The van der Waals surface area contributed by atoms with Gasteiger partial charge < -0.3 is 5.11 Å². The first-order valence-corrected chi connectivity index (χ1v) is 8.00. The summed E-state index contributed by atoms with van der Waals surface area (Å²) in [4.78, 5) is 14.8. The average Bonchev–Trinajstić information content (AvgIpc) is 2.38. The third kappa shape index (κ3) is 3.43. The topological polar surface area (TPSA) is 84.3 Å². The van der Waals surface area contributed by atoms with Crippen LogP contribution in [0.5, 0.6) is 0 Å². The standard InChI is InChI=1S/C13H10BrNO4S/c14-9-3-1-5-11(7-9)20(18,19)8-10-4-2-6-12(15-10)13(16)17/h1-7H,8H2,(H,16,17). The zero-order chi connectivity index (χ0) is 14.8. The van der Waals surface area contributed by atoms with Gasteiger partial charge >= 0.3 is 5.97 Å². The number of carboxylic acids is 1. The van der Waals surface area contributed by atoms with Crippen LogP contribution in [-0.4, -0.2) is 24.5 Å². The Balaban J connectivity index is 2.33. The number of hydrogen-bond donors (Lipinski definition) is 1. The van der Waals surface area contributed by atoms with Gasteiger partial charge in [0.15, 0.2) is 9.84 Å². The van der Waals surface area contributed by atoms with E-state index in [2.05, 4.69) is 20.9 Å². The van der Waals surface area contributed by atoms with Crippen molar-refractivity contribution in [1.82, 2.24) is 4.98 Å². The predicted molar refractivity (Wildman–Crippen MR) is 76.2 cm³/mol. The zero-order valence-electron chi connectivity index (χ0n) is 10.2. The number of aromatic carboxylic acids is 1. The molecule has 0 unspecified atom stereocenters. The van der Waals surface area contributed by atoms with E-state index in [1.807, 2.05) is 0 Å². The predicted octanol–water partition coefficient (Wildman–Crippen LogP) is 2.52. The van der Waals surface area contributed by atoms with Crippen LogP contribution in [0.3, 0.4) is 0 Å². The fourth-order valence-corrected chi connectivity index (χ4v) is 3.48. The molecule has 2 aromatic rings. The van der Waals surface area contributed by atoms with E-state index in [-0.39, 0.29) is 22.0 Å². The van der Waals surface area contributed by atoms with Crippen LogP contribution in [0.2, 0.25) is 0 Å². The molecule has 0 saturated carbocycles. The molecule has 1 aromatic carbocycles. The Morgan fingerprint density at radius 2 is 1.90 bits per heavy atom. The summed E-state index contributed by atoms with van der Waals surface area (Å²) in [5.41, 5.74) is 0.0248. The fraction of sp³-hybridized carbons (Fsp3) is 0.0769. The quantitative estimate of drug-likeness (QED) is 0.910. The molecule has 0 saturated heterocycles. The molecule has 1 heterocycles. The fourth-order valence-electron chi connectivity index (χ4n) is 1.62. The molecule has 0 radical (unpaired) electrons. The minimum absolute atomic E-state index is 0.161. The van der Waals surface area contributed by atoms with Crippen LogP contribution in [0.4, 0.5) is 0 Å². The molecule has 0 amide bonds. The van der Waals surface area contributed by atoms with Gasteiger partial charge in [0.2, 0.25) is 0 Å². The van der Waals surface area contributed by atoms with Gasteiger partial charge in [0.1, 0.15) is 5.69 Å². The normalized spacial score (nSPS) is 11.2. The highest BCUT2D eigenvalue weighted by atomic mass is 79.9. The second-order valence-corrected chi connectivity index (χ2v) is 6.94. The monoisotopic (exact) mass is 355 g/mol. The summed E-state index contributed by atoms with van der Waals surface area (Å²) in [6, 6.07) is 10.6. The lowest BCUT2D eigenvalue weighted by Crippen LogP contribution is -2.09. The number of rotatable bonds is 4. The van der Waals surface area contributed by atoms with Crippen LogP contribution in [0.1, 0.15) is 16.2 Å². The van der Waals surface area contributed by atoms with Crippen molar-refractivity contribution >= 4 is 31.7 Å². The van der Waals surface area contributed by atoms with Crippen LogP contribution >= 0.6 is 15.9 Å². The number of aromatic nitrogens is 1. The minimum atomic E-state index is -3.56. The molecule has 0 aliphatic heterocycles. The molecule has 2 rings (SSSR count). The SMILES string of the molecule is O=C(O)c1cccc(CS(=O)(=O)c2cccc(Br)c2)n1. The van der Waals surface area contributed by atoms with Gasteiger partial charge in [-0.05, 0) is 30.3 Å². The van der Waals surface area contributed by atoms with E-state index in [0.717, 1.165) is 0 Å². The lowest BCUT2D eigenvalue weighted by atomic mass is 10.3. The lowest BCUT2D eigenvalue weighted by Gasteiger charge is -2.05. The molecule has 0 fully saturated rings. The van der Waals surface area contributed by atoms with Crippen molar-refractivity contribution in [2.75, 3.05) is 0 Å². The highest BCUT2D eigenvalue weighted by molar-refractivity contribution is 9.10. The second kappa shape index (κ2) is 5.72. The van der Waals surface area contributed by atoms with Crippen LogP contribution in [-0.2, 0) is 15.6 Å². The molecule has 1 N–H and O–H groups in total. The third-order valence-electron chi connectivity index (χ3n) is 2.52. The summed E-state index contributed by atoms with van der Waals surface area (Å²) in [5.74, 6) is -1.53. The van der Waals surface area contributed by atoms with Crippen molar-refractivity contribution in [3.8, 4) is 0 Å². The van der Waals surface area contributed by atoms with Crippen molar-refractivity contribution in [3.63, 3.8) is 0 Å². The summed E-state index contributed by atoms with van der Waals surface area (Å²) in [6.07, 6.45) is 0. The number of carboxylic acid groups (broad SMARTS) is 1. The van der Waals surface area contributed by atoms with Gasteiger partial charge in [-0.2, -0.15) is 0 Å². The first-order chi connectivity index (χ1) is 9.38. The molecule has 0 atom stereocenters. The molecule has 0 aliphatic rings. The van der Waals surface area contributed by atoms with E-state index in [1.54, 1.807) is 12.1 Å². The van der Waals surface area contributed by atoms with Crippen molar-refractivity contribution in [1.29, 1.82) is 0 Å². The number of benzene rings is 1. The van der Waals surface area contributed by atoms with Gasteiger partial charge in [-0.1, -0.05) is 28.1 Å². The molecule has 7 heteroatoms.